The van der Waals surface area contributed by atoms with Gasteiger partial charge in [-0.05, 0) is 24.3 Å². The van der Waals surface area contributed by atoms with Crippen LogP contribution in [-0.2, 0) is 0 Å². The van der Waals surface area contributed by atoms with Gasteiger partial charge in [-0.15, -0.1) is 10.2 Å². The molecule has 20 heavy (non-hydrogen) atoms. The van der Waals surface area contributed by atoms with Crippen LogP contribution in [0.2, 0.25) is 0 Å². The van der Waals surface area contributed by atoms with Gasteiger partial charge in [0.1, 0.15) is 11.8 Å². The first-order chi connectivity index (χ1) is 9.63. The van der Waals surface area contributed by atoms with E-state index < -0.39 is 0 Å². The summed E-state index contributed by atoms with van der Waals surface area (Å²) < 4.78 is 5.44. The Hall–Kier alpha value is -3.14. The predicted molar refractivity (Wildman–Crippen MR) is 71.1 cm³/mol. The fourth-order valence-electron chi connectivity index (χ4n) is 1.46. The highest BCUT2D eigenvalue weighted by Crippen LogP contribution is 2.25. The molecule has 7 heteroatoms. The zero-order valence-corrected chi connectivity index (χ0v) is 10.6. The van der Waals surface area contributed by atoms with Gasteiger partial charge in [0.05, 0.1) is 5.56 Å². The first-order valence-corrected chi connectivity index (χ1v) is 5.67. The van der Waals surface area contributed by atoms with E-state index in [1.54, 1.807) is 12.1 Å². The lowest BCUT2D eigenvalue weighted by molar-refractivity contribution is 0.0957. The number of hydrogen-bond donors (Lipinski definition) is 2. The number of nitrogens with two attached hydrogens (primary N) is 1. The lowest BCUT2D eigenvalue weighted by atomic mass is 10.2. The fraction of sp³-hybridized carbons (Fsp3) is 0.0769. The van der Waals surface area contributed by atoms with Gasteiger partial charge in [0.25, 0.3) is 5.91 Å². The molecule has 3 N–H and O–H groups in total. The van der Waals surface area contributed by atoms with Gasteiger partial charge in [-0.25, -0.2) is 0 Å². The molecule has 0 bridgehead atoms. The maximum absolute atomic E-state index is 11.3. The molecule has 0 saturated heterocycles. The van der Waals surface area contributed by atoms with Gasteiger partial charge in [-0.3, -0.25) is 4.79 Å². The number of carbonyl (C=O) groups is 1. The largest absolute Gasteiger partial charge is 0.436 e. The Morgan fingerprint density at radius 3 is 2.75 bits per heavy atom. The van der Waals surface area contributed by atoms with Crippen molar-refractivity contribution in [3.8, 4) is 17.7 Å². The summed E-state index contributed by atoms with van der Waals surface area (Å²) in [5, 5.41) is 18.9. The quantitative estimate of drug-likeness (QED) is 0.806. The van der Waals surface area contributed by atoms with Crippen molar-refractivity contribution in [1.29, 1.82) is 5.26 Å². The molecule has 0 aliphatic rings. The second kappa shape index (κ2) is 5.67. The number of anilines is 1. The molecule has 1 amide bonds. The summed E-state index contributed by atoms with van der Waals surface area (Å²) in [4.78, 5) is 11.3. The maximum Gasteiger partial charge on any atom is 0.271 e. The van der Waals surface area contributed by atoms with Crippen LogP contribution < -0.4 is 15.8 Å². The van der Waals surface area contributed by atoms with Crippen molar-refractivity contribution in [2.24, 2.45) is 0 Å². The minimum absolute atomic E-state index is 0.178. The average molecular weight is 269 g/mol. The second-order valence-corrected chi connectivity index (χ2v) is 3.81. The van der Waals surface area contributed by atoms with E-state index in [0.29, 0.717) is 17.0 Å². The molecule has 0 spiro atoms. The monoisotopic (exact) mass is 269 g/mol. The van der Waals surface area contributed by atoms with E-state index in [1.165, 1.54) is 25.2 Å². The summed E-state index contributed by atoms with van der Waals surface area (Å²) in [5.74, 6) is 0.164. The summed E-state index contributed by atoms with van der Waals surface area (Å²) in [6, 6.07) is 9.64. The van der Waals surface area contributed by atoms with Crippen molar-refractivity contribution in [3.63, 3.8) is 0 Å². The summed E-state index contributed by atoms with van der Waals surface area (Å²) in [6.07, 6.45) is 0. The molecular formula is C13H11N5O2. The second-order valence-electron chi connectivity index (χ2n) is 3.81. The van der Waals surface area contributed by atoms with Gasteiger partial charge in [-0.2, -0.15) is 5.26 Å². The molecule has 100 valence electrons. The Morgan fingerprint density at radius 2 is 2.15 bits per heavy atom. The molecule has 1 aromatic carbocycles. The van der Waals surface area contributed by atoms with E-state index in [0.717, 1.165) is 0 Å². The van der Waals surface area contributed by atoms with Gasteiger partial charge >= 0.3 is 0 Å². The highest BCUT2D eigenvalue weighted by molar-refractivity contribution is 5.91. The average Bonchev–Trinajstić information content (AvgIpc) is 2.49. The van der Waals surface area contributed by atoms with Gasteiger partial charge in [-0.1, -0.05) is 0 Å². The zero-order valence-electron chi connectivity index (χ0n) is 10.6. The molecule has 0 aliphatic heterocycles. The Balaban J connectivity index is 2.23. The number of benzene rings is 1. The maximum atomic E-state index is 11.3. The lowest BCUT2D eigenvalue weighted by Gasteiger charge is -2.06. The van der Waals surface area contributed by atoms with Gasteiger partial charge in [0.2, 0.25) is 5.88 Å². The van der Waals surface area contributed by atoms with Crippen molar-refractivity contribution in [1.82, 2.24) is 15.5 Å². The van der Waals surface area contributed by atoms with Crippen LogP contribution in [0, 0.1) is 11.3 Å². The molecule has 0 unspecified atom stereocenters. The van der Waals surface area contributed by atoms with Crippen molar-refractivity contribution in [2.75, 3.05) is 12.8 Å². The van der Waals surface area contributed by atoms with E-state index >= 15 is 0 Å². The number of nitrogens with zero attached hydrogens (tertiary/aromatic N) is 3. The number of nitriles is 1. The third kappa shape index (κ3) is 2.81. The van der Waals surface area contributed by atoms with E-state index in [-0.39, 0.29) is 17.5 Å². The Morgan fingerprint density at radius 1 is 1.35 bits per heavy atom. The minimum atomic E-state index is -0.339. The fourth-order valence-corrected chi connectivity index (χ4v) is 1.46. The standard InChI is InChI=1S/C13H11N5O2/c1-16-13(19)10-3-5-12(18-17-10)20-11-4-2-9(15)6-8(11)7-14/h2-6H,15H2,1H3,(H,16,19). The van der Waals surface area contributed by atoms with E-state index in [1.807, 2.05) is 6.07 Å². The molecular weight excluding hydrogens is 258 g/mol. The third-order valence-electron chi connectivity index (χ3n) is 2.44. The van der Waals surface area contributed by atoms with Crippen LogP contribution in [0.4, 0.5) is 5.69 Å². The summed E-state index contributed by atoms with van der Waals surface area (Å²) in [5.41, 5.74) is 6.53. The van der Waals surface area contributed by atoms with Crippen molar-refractivity contribution >= 4 is 11.6 Å². The van der Waals surface area contributed by atoms with Crippen LogP contribution in [0.25, 0.3) is 0 Å². The Kier molecular flexibility index (Phi) is 3.77. The number of amides is 1. The van der Waals surface area contributed by atoms with Crippen LogP contribution >= 0.6 is 0 Å². The molecule has 0 saturated carbocycles. The number of rotatable bonds is 3. The van der Waals surface area contributed by atoms with E-state index in [4.69, 9.17) is 15.7 Å². The van der Waals surface area contributed by atoms with Crippen LogP contribution in [0.5, 0.6) is 11.6 Å². The molecule has 0 aliphatic carbocycles. The van der Waals surface area contributed by atoms with Gasteiger partial charge in [0, 0.05) is 18.8 Å². The van der Waals surface area contributed by atoms with Crippen molar-refractivity contribution in [3.05, 3.63) is 41.6 Å². The first-order valence-electron chi connectivity index (χ1n) is 5.67. The van der Waals surface area contributed by atoms with Crippen LogP contribution in [0.1, 0.15) is 16.1 Å². The highest BCUT2D eigenvalue weighted by Gasteiger charge is 2.09. The van der Waals surface area contributed by atoms with Crippen LogP contribution in [-0.4, -0.2) is 23.2 Å². The molecule has 1 heterocycles. The SMILES string of the molecule is CNC(=O)c1ccc(Oc2ccc(N)cc2C#N)nn1. The van der Waals surface area contributed by atoms with Crippen molar-refractivity contribution < 1.29 is 9.53 Å². The van der Waals surface area contributed by atoms with Crippen molar-refractivity contribution in [2.45, 2.75) is 0 Å². The van der Waals surface area contributed by atoms with E-state index in [2.05, 4.69) is 15.5 Å². The predicted octanol–water partition coefficient (Wildman–Crippen LogP) is 1.08. The Bertz CT molecular complexity index is 676. The highest BCUT2D eigenvalue weighted by atomic mass is 16.5. The van der Waals surface area contributed by atoms with Crippen LogP contribution in [0.3, 0.4) is 0 Å². The minimum Gasteiger partial charge on any atom is -0.436 e. The molecule has 7 nitrogen and oxygen atoms in total. The number of aromatic nitrogens is 2. The van der Waals surface area contributed by atoms with Gasteiger partial charge < -0.3 is 15.8 Å². The molecule has 2 aromatic rings. The molecule has 0 atom stereocenters. The third-order valence-corrected chi connectivity index (χ3v) is 2.44. The normalized spacial score (nSPS) is 9.60. The summed E-state index contributed by atoms with van der Waals surface area (Å²) in [7, 11) is 1.50. The number of nitrogens with one attached hydrogen (secondary N) is 1. The number of carbonyl (C=O) groups excluding carboxylic acids is 1. The van der Waals surface area contributed by atoms with Gasteiger partial charge in [0.15, 0.2) is 5.69 Å². The van der Waals surface area contributed by atoms with Crippen LogP contribution in [0.15, 0.2) is 30.3 Å². The lowest BCUT2D eigenvalue weighted by Crippen LogP contribution is -2.19. The smallest absolute Gasteiger partial charge is 0.271 e. The number of nitrogen functional groups attached to an aromatic ring is 1. The number of hydrogen-bond acceptors (Lipinski definition) is 6. The Labute approximate surface area is 115 Å². The first kappa shape index (κ1) is 13.3. The summed E-state index contributed by atoms with van der Waals surface area (Å²) in [6.45, 7) is 0. The molecule has 0 fully saturated rings. The summed E-state index contributed by atoms with van der Waals surface area (Å²) >= 11 is 0. The van der Waals surface area contributed by atoms with E-state index in [9.17, 15) is 4.79 Å². The number of ether oxygens (including phenoxy) is 1. The molecule has 1 aromatic heterocycles. The molecule has 2 rings (SSSR count). The molecule has 0 radical (unpaired) electrons. The zero-order chi connectivity index (χ0) is 14.5. The topological polar surface area (TPSA) is 114 Å².